The number of rotatable bonds is 19. The van der Waals surface area contributed by atoms with Crippen molar-refractivity contribution >= 4 is 23.8 Å². The predicted octanol–water partition coefficient (Wildman–Crippen LogP) is 8.72. The lowest BCUT2D eigenvalue weighted by atomic mass is 10.0. The normalized spacial score (nSPS) is 11.2. The van der Waals surface area contributed by atoms with E-state index in [-0.39, 0.29) is 11.7 Å². The second kappa shape index (κ2) is 19.8. The number of esters is 2. The number of hydrogen-bond donors (Lipinski definition) is 0. The van der Waals surface area contributed by atoms with Crippen molar-refractivity contribution in [2.24, 2.45) is 19.1 Å². The van der Waals surface area contributed by atoms with Crippen LogP contribution in [0, 0.1) is 0 Å². The average Bonchev–Trinajstić information content (AvgIpc) is 3.13. The Kier molecular flexibility index (Phi) is 15.0. The minimum absolute atomic E-state index is 0.133. The number of benzene rings is 3. The zero-order valence-corrected chi connectivity index (χ0v) is 29.6. The number of carbonyl (C=O) groups excluding carboxylic acids is 2. The molecule has 0 saturated heterocycles. The van der Waals surface area contributed by atoms with Crippen LogP contribution in [-0.2, 0) is 18.9 Å². The van der Waals surface area contributed by atoms with E-state index in [1.165, 1.54) is 88.2 Å². The summed E-state index contributed by atoms with van der Waals surface area (Å²) >= 11 is 0. The molecule has 0 spiro atoms. The van der Waals surface area contributed by atoms with E-state index in [0.717, 1.165) is 28.5 Å². The summed E-state index contributed by atoms with van der Waals surface area (Å²) in [5.74, 6) is 0.176. The Labute approximate surface area is 294 Å². The third-order valence-corrected chi connectivity index (χ3v) is 8.65. The van der Waals surface area contributed by atoms with Crippen LogP contribution in [0.5, 0.6) is 11.5 Å². The molecule has 9 nitrogen and oxygen atoms in total. The number of aliphatic imine (C=N–C) groups is 1. The smallest absolute Gasteiger partial charge is 0.343 e. The molecule has 0 aliphatic heterocycles. The van der Waals surface area contributed by atoms with Gasteiger partial charge in [-0.1, -0.05) is 102 Å². The van der Waals surface area contributed by atoms with Crippen LogP contribution in [0.2, 0.25) is 0 Å². The minimum Gasteiger partial charge on any atom is -0.427 e. The van der Waals surface area contributed by atoms with Gasteiger partial charge in [-0.3, -0.25) is 14.2 Å². The molecule has 264 valence electrons. The zero-order valence-electron chi connectivity index (χ0n) is 29.6. The van der Waals surface area contributed by atoms with Gasteiger partial charge in [0.25, 0.3) is 5.56 Å². The molecule has 0 aliphatic rings. The molecule has 4 rings (SSSR count). The molecule has 50 heavy (non-hydrogen) atoms. The van der Waals surface area contributed by atoms with Gasteiger partial charge >= 0.3 is 17.6 Å². The minimum atomic E-state index is -0.498. The average molecular weight is 680 g/mol. The molecular formula is C41H49N3O6. The van der Waals surface area contributed by atoms with Crippen molar-refractivity contribution in [3.05, 3.63) is 111 Å². The topological polar surface area (TPSA) is 109 Å². The highest BCUT2D eigenvalue weighted by atomic mass is 16.5. The van der Waals surface area contributed by atoms with E-state index in [1.54, 1.807) is 55.6 Å². The van der Waals surface area contributed by atoms with Gasteiger partial charge in [0.2, 0.25) is 0 Å². The summed E-state index contributed by atoms with van der Waals surface area (Å²) < 4.78 is 13.4. The highest BCUT2D eigenvalue weighted by molar-refractivity contribution is 5.92. The van der Waals surface area contributed by atoms with Crippen LogP contribution in [-0.4, -0.2) is 27.3 Å². The maximum Gasteiger partial charge on any atom is 0.343 e. The number of ether oxygens (including phenoxy) is 2. The summed E-state index contributed by atoms with van der Waals surface area (Å²) in [6, 6.07) is 21.1. The van der Waals surface area contributed by atoms with Crippen LogP contribution < -0.4 is 20.7 Å². The molecule has 0 amide bonds. The van der Waals surface area contributed by atoms with E-state index >= 15 is 0 Å². The first-order chi connectivity index (χ1) is 24.2. The predicted molar refractivity (Wildman–Crippen MR) is 199 cm³/mol. The number of aromatic nitrogens is 2. The molecule has 0 bridgehead atoms. The Morgan fingerprint density at radius 1 is 0.660 bits per heavy atom. The Hall–Kier alpha value is -5.05. The van der Waals surface area contributed by atoms with Crippen molar-refractivity contribution in [1.29, 1.82) is 0 Å². The second-order valence-corrected chi connectivity index (χ2v) is 12.7. The van der Waals surface area contributed by atoms with Gasteiger partial charge in [0, 0.05) is 32.9 Å². The van der Waals surface area contributed by atoms with Gasteiger partial charge in [0.15, 0.2) is 0 Å². The van der Waals surface area contributed by atoms with Crippen molar-refractivity contribution in [3.63, 3.8) is 0 Å². The highest BCUT2D eigenvalue weighted by Gasteiger charge is 2.11. The molecule has 1 aromatic heterocycles. The van der Waals surface area contributed by atoms with Crippen molar-refractivity contribution in [2.75, 3.05) is 0 Å². The Bertz CT molecular complexity index is 1820. The van der Waals surface area contributed by atoms with E-state index in [4.69, 9.17) is 9.47 Å². The summed E-state index contributed by atoms with van der Waals surface area (Å²) in [4.78, 5) is 53.5. The number of aryl methyl sites for hydroxylation is 1. The largest absolute Gasteiger partial charge is 0.427 e. The van der Waals surface area contributed by atoms with Gasteiger partial charge in [0.1, 0.15) is 17.2 Å². The van der Waals surface area contributed by atoms with Gasteiger partial charge in [-0.25, -0.2) is 14.6 Å². The van der Waals surface area contributed by atoms with Crippen LogP contribution in [0.3, 0.4) is 0 Å². The SMILES string of the molecule is CCCCCCCCCCCCCCC(=O)Oc1ccc(-c2ccc(C(=O)Oc3ccc(C=Nc4cn(C)c(=O)n(C)c4=O)cc3)cc2)cc1. The van der Waals surface area contributed by atoms with Gasteiger partial charge < -0.3 is 14.0 Å². The number of carbonyl (C=O) groups is 2. The summed E-state index contributed by atoms with van der Waals surface area (Å²) in [5, 5.41) is 0. The van der Waals surface area contributed by atoms with Crippen molar-refractivity contribution in [2.45, 2.75) is 90.4 Å². The molecule has 9 heteroatoms. The van der Waals surface area contributed by atoms with Crippen LogP contribution in [0.4, 0.5) is 5.69 Å². The van der Waals surface area contributed by atoms with Crippen molar-refractivity contribution in [1.82, 2.24) is 9.13 Å². The summed E-state index contributed by atoms with van der Waals surface area (Å²) in [5.41, 5.74) is 2.14. The molecule has 0 N–H and O–H groups in total. The quantitative estimate of drug-likeness (QED) is 0.0425. The second-order valence-electron chi connectivity index (χ2n) is 12.7. The van der Waals surface area contributed by atoms with E-state index in [1.807, 2.05) is 24.3 Å². The molecule has 0 radical (unpaired) electrons. The third-order valence-electron chi connectivity index (χ3n) is 8.65. The monoisotopic (exact) mass is 679 g/mol. The van der Waals surface area contributed by atoms with Gasteiger partial charge in [-0.15, -0.1) is 0 Å². The molecule has 0 fully saturated rings. The summed E-state index contributed by atoms with van der Waals surface area (Å²) in [7, 11) is 2.95. The maximum atomic E-state index is 12.8. The molecule has 0 aliphatic carbocycles. The zero-order chi connectivity index (χ0) is 35.7. The lowest BCUT2D eigenvalue weighted by Gasteiger charge is -2.08. The first-order valence-corrected chi connectivity index (χ1v) is 17.8. The van der Waals surface area contributed by atoms with Crippen LogP contribution in [0.25, 0.3) is 11.1 Å². The molecule has 0 unspecified atom stereocenters. The third kappa shape index (κ3) is 11.8. The van der Waals surface area contributed by atoms with Crippen LogP contribution in [0.1, 0.15) is 106 Å². The van der Waals surface area contributed by atoms with E-state index in [9.17, 15) is 19.2 Å². The van der Waals surface area contributed by atoms with E-state index < -0.39 is 17.2 Å². The van der Waals surface area contributed by atoms with Crippen LogP contribution in [0.15, 0.2) is 93.6 Å². The summed E-state index contributed by atoms with van der Waals surface area (Å²) in [6.07, 6.45) is 18.4. The standard InChI is InChI=1S/C41H49N3O6/c1-4-5-6-7-8-9-10-11-12-13-14-15-16-38(45)49-35-27-23-33(24-28-35)32-19-21-34(22-20-32)40(47)50-36-25-17-31(18-26-36)29-42-37-30-43(2)41(48)44(3)39(37)46/h17-30H,4-16H2,1-3H3. The first-order valence-electron chi connectivity index (χ1n) is 17.8. The molecule has 1 heterocycles. The lowest BCUT2D eigenvalue weighted by molar-refractivity contribution is -0.134. The van der Waals surface area contributed by atoms with Crippen molar-refractivity contribution in [3.8, 4) is 22.6 Å². The van der Waals surface area contributed by atoms with E-state index in [2.05, 4.69) is 11.9 Å². The summed E-state index contributed by atoms with van der Waals surface area (Å²) in [6.45, 7) is 2.25. The number of unbranched alkanes of at least 4 members (excludes halogenated alkanes) is 11. The fourth-order valence-electron chi connectivity index (χ4n) is 5.62. The Morgan fingerprint density at radius 2 is 1.16 bits per heavy atom. The number of hydrogen-bond acceptors (Lipinski definition) is 7. The Balaban J connectivity index is 1.17. The van der Waals surface area contributed by atoms with Gasteiger partial charge in [-0.05, 0) is 71.6 Å². The maximum absolute atomic E-state index is 12.8. The van der Waals surface area contributed by atoms with E-state index in [0.29, 0.717) is 29.0 Å². The van der Waals surface area contributed by atoms with Crippen molar-refractivity contribution < 1.29 is 19.1 Å². The lowest BCUT2D eigenvalue weighted by Crippen LogP contribution is -2.36. The molecule has 0 atom stereocenters. The number of nitrogens with zero attached hydrogens (tertiary/aromatic N) is 3. The molecule has 3 aromatic carbocycles. The molecule has 0 saturated carbocycles. The highest BCUT2D eigenvalue weighted by Crippen LogP contribution is 2.24. The first kappa shape index (κ1) is 37.8. The fraction of sp³-hybridized carbons (Fsp3) is 0.390. The van der Waals surface area contributed by atoms with Gasteiger partial charge in [-0.2, -0.15) is 0 Å². The Morgan fingerprint density at radius 3 is 1.74 bits per heavy atom. The van der Waals surface area contributed by atoms with Crippen LogP contribution >= 0.6 is 0 Å². The molecule has 4 aromatic rings. The molecular weight excluding hydrogens is 630 g/mol. The van der Waals surface area contributed by atoms with Gasteiger partial charge in [0.05, 0.1) is 5.56 Å². The fourth-order valence-corrected chi connectivity index (χ4v) is 5.62.